The van der Waals surface area contributed by atoms with Gasteiger partial charge in [0, 0.05) is 25.1 Å². The molecule has 0 bridgehead atoms. The van der Waals surface area contributed by atoms with E-state index < -0.39 is 0 Å². The molecule has 0 unspecified atom stereocenters. The van der Waals surface area contributed by atoms with Crippen molar-refractivity contribution in [3.05, 3.63) is 59.9 Å². The molecular weight excluding hydrogens is 352 g/mol. The van der Waals surface area contributed by atoms with Crippen molar-refractivity contribution in [1.29, 1.82) is 0 Å². The first kappa shape index (κ1) is 19.6. The SMILES string of the molecule is CCCC(=O)NCCc1nc2ccccc2n1CC(=O)Nc1ccc(C)cc1. The van der Waals surface area contributed by atoms with E-state index in [4.69, 9.17) is 0 Å². The van der Waals surface area contributed by atoms with Crippen LogP contribution in [-0.2, 0) is 22.6 Å². The van der Waals surface area contributed by atoms with Crippen LogP contribution < -0.4 is 10.6 Å². The van der Waals surface area contributed by atoms with E-state index >= 15 is 0 Å². The van der Waals surface area contributed by atoms with Crippen LogP contribution in [0.2, 0.25) is 0 Å². The number of aryl methyl sites for hydroxylation is 1. The lowest BCUT2D eigenvalue weighted by Crippen LogP contribution is -2.27. The molecule has 0 radical (unpaired) electrons. The molecule has 0 aliphatic heterocycles. The summed E-state index contributed by atoms with van der Waals surface area (Å²) in [4.78, 5) is 29.0. The molecule has 3 rings (SSSR count). The Balaban J connectivity index is 1.73. The molecule has 2 aromatic carbocycles. The van der Waals surface area contributed by atoms with E-state index in [1.54, 1.807) is 0 Å². The number of rotatable bonds is 8. The number of nitrogens with one attached hydrogen (secondary N) is 2. The van der Waals surface area contributed by atoms with Crippen molar-refractivity contribution in [2.75, 3.05) is 11.9 Å². The number of imidazole rings is 1. The molecule has 0 fully saturated rings. The summed E-state index contributed by atoms with van der Waals surface area (Å²) < 4.78 is 1.92. The highest BCUT2D eigenvalue weighted by molar-refractivity contribution is 5.91. The summed E-state index contributed by atoms with van der Waals surface area (Å²) in [6.45, 7) is 4.66. The Morgan fingerprint density at radius 3 is 2.54 bits per heavy atom. The van der Waals surface area contributed by atoms with Gasteiger partial charge in [-0.25, -0.2) is 4.98 Å². The van der Waals surface area contributed by atoms with Crippen molar-refractivity contribution in [3.8, 4) is 0 Å². The predicted octanol–water partition coefficient (Wildman–Crippen LogP) is 3.44. The Morgan fingerprint density at radius 2 is 1.79 bits per heavy atom. The molecular formula is C22H26N4O2. The molecule has 28 heavy (non-hydrogen) atoms. The third kappa shape index (κ3) is 4.97. The number of hydrogen-bond donors (Lipinski definition) is 2. The molecule has 1 heterocycles. The van der Waals surface area contributed by atoms with Gasteiger partial charge in [0.2, 0.25) is 11.8 Å². The van der Waals surface area contributed by atoms with Gasteiger partial charge < -0.3 is 15.2 Å². The van der Waals surface area contributed by atoms with E-state index in [-0.39, 0.29) is 18.4 Å². The molecule has 0 aliphatic carbocycles. The van der Waals surface area contributed by atoms with E-state index in [0.717, 1.165) is 34.5 Å². The summed E-state index contributed by atoms with van der Waals surface area (Å²) in [5, 5.41) is 5.84. The number of nitrogens with zero attached hydrogens (tertiary/aromatic N) is 2. The van der Waals surface area contributed by atoms with Crippen LogP contribution in [0.3, 0.4) is 0 Å². The summed E-state index contributed by atoms with van der Waals surface area (Å²) in [5.41, 5.74) is 3.68. The number of hydrogen-bond acceptors (Lipinski definition) is 3. The molecule has 6 nitrogen and oxygen atoms in total. The van der Waals surface area contributed by atoms with E-state index in [2.05, 4.69) is 15.6 Å². The molecule has 0 atom stereocenters. The fourth-order valence-electron chi connectivity index (χ4n) is 3.10. The van der Waals surface area contributed by atoms with Crippen LogP contribution in [-0.4, -0.2) is 27.9 Å². The van der Waals surface area contributed by atoms with Crippen LogP contribution in [0.25, 0.3) is 11.0 Å². The zero-order valence-corrected chi connectivity index (χ0v) is 16.4. The summed E-state index contributed by atoms with van der Waals surface area (Å²) in [6, 6.07) is 15.5. The first-order valence-electron chi connectivity index (χ1n) is 9.64. The lowest BCUT2D eigenvalue weighted by atomic mass is 10.2. The van der Waals surface area contributed by atoms with Crippen LogP contribution in [0.1, 0.15) is 31.2 Å². The van der Waals surface area contributed by atoms with Gasteiger partial charge in [0.1, 0.15) is 12.4 Å². The number of para-hydroxylation sites is 2. The zero-order valence-electron chi connectivity index (χ0n) is 16.4. The molecule has 6 heteroatoms. The van der Waals surface area contributed by atoms with Crippen molar-refractivity contribution in [3.63, 3.8) is 0 Å². The molecule has 0 spiro atoms. The van der Waals surface area contributed by atoms with E-state index in [9.17, 15) is 9.59 Å². The lowest BCUT2D eigenvalue weighted by Gasteiger charge is -2.11. The van der Waals surface area contributed by atoms with Gasteiger partial charge in [-0.2, -0.15) is 0 Å². The van der Waals surface area contributed by atoms with Crippen molar-refractivity contribution >= 4 is 28.5 Å². The Labute approximate surface area is 165 Å². The molecule has 0 saturated carbocycles. The van der Waals surface area contributed by atoms with Gasteiger partial charge in [0.15, 0.2) is 0 Å². The van der Waals surface area contributed by atoms with Crippen LogP contribution in [0, 0.1) is 6.92 Å². The highest BCUT2D eigenvalue weighted by Gasteiger charge is 2.14. The van der Waals surface area contributed by atoms with E-state index in [0.29, 0.717) is 19.4 Å². The number of fused-ring (bicyclic) bond motifs is 1. The lowest BCUT2D eigenvalue weighted by molar-refractivity contribution is -0.121. The highest BCUT2D eigenvalue weighted by Crippen LogP contribution is 2.17. The predicted molar refractivity (Wildman–Crippen MR) is 111 cm³/mol. The monoisotopic (exact) mass is 378 g/mol. The average molecular weight is 378 g/mol. The normalized spacial score (nSPS) is 10.8. The molecule has 3 aromatic rings. The van der Waals surface area contributed by atoms with Gasteiger partial charge in [0.25, 0.3) is 0 Å². The Hall–Kier alpha value is -3.15. The summed E-state index contributed by atoms with van der Waals surface area (Å²) >= 11 is 0. The smallest absolute Gasteiger partial charge is 0.244 e. The zero-order chi connectivity index (χ0) is 19.9. The second-order valence-electron chi connectivity index (χ2n) is 6.87. The van der Waals surface area contributed by atoms with Gasteiger partial charge in [-0.1, -0.05) is 36.8 Å². The number of carbonyl (C=O) groups is 2. The third-order valence-electron chi connectivity index (χ3n) is 4.52. The van der Waals surface area contributed by atoms with Gasteiger partial charge in [-0.15, -0.1) is 0 Å². The maximum atomic E-state index is 12.6. The second-order valence-corrected chi connectivity index (χ2v) is 6.87. The molecule has 0 saturated heterocycles. The first-order chi connectivity index (χ1) is 13.6. The van der Waals surface area contributed by atoms with E-state index in [1.165, 1.54) is 0 Å². The maximum absolute atomic E-state index is 12.6. The number of benzene rings is 2. The Morgan fingerprint density at radius 1 is 1.04 bits per heavy atom. The quantitative estimate of drug-likeness (QED) is 0.630. The number of anilines is 1. The van der Waals surface area contributed by atoms with Gasteiger partial charge >= 0.3 is 0 Å². The largest absolute Gasteiger partial charge is 0.356 e. The fraction of sp³-hybridized carbons (Fsp3) is 0.318. The summed E-state index contributed by atoms with van der Waals surface area (Å²) in [7, 11) is 0. The molecule has 146 valence electrons. The topological polar surface area (TPSA) is 76.0 Å². The minimum Gasteiger partial charge on any atom is -0.356 e. The summed E-state index contributed by atoms with van der Waals surface area (Å²) in [6.07, 6.45) is 1.92. The van der Waals surface area contributed by atoms with Crippen LogP contribution >= 0.6 is 0 Å². The second kappa shape index (κ2) is 9.17. The molecule has 2 N–H and O–H groups in total. The van der Waals surface area contributed by atoms with Crippen LogP contribution in [0.4, 0.5) is 5.69 Å². The van der Waals surface area contributed by atoms with Crippen LogP contribution in [0.15, 0.2) is 48.5 Å². The minimum atomic E-state index is -0.108. The van der Waals surface area contributed by atoms with Crippen molar-refractivity contribution in [1.82, 2.24) is 14.9 Å². The molecule has 1 aromatic heterocycles. The number of aromatic nitrogens is 2. The van der Waals surface area contributed by atoms with Gasteiger partial charge in [0.05, 0.1) is 11.0 Å². The Kier molecular flexibility index (Phi) is 6.42. The van der Waals surface area contributed by atoms with E-state index in [1.807, 2.05) is 66.9 Å². The van der Waals surface area contributed by atoms with Gasteiger partial charge in [-0.05, 0) is 37.6 Å². The van der Waals surface area contributed by atoms with Crippen molar-refractivity contribution in [2.45, 2.75) is 39.7 Å². The third-order valence-corrected chi connectivity index (χ3v) is 4.52. The number of carbonyl (C=O) groups excluding carboxylic acids is 2. The standard InChI is InChI=1S/C22H26N4O2/c1-3-6-21(27)23-14-13-20-25-18-7-4-5-8-19(18)26(20)15-22(28)24-17-11-9-16(2)10-12-17/h4-5,7-12H,3,6,13-15H2,1-2H3,(H,23,27)(H,24,28). The Bertz CT molecular complexity index is 960. The summed E-state index contributed by atoms with van der Waals surface area (Å²) in [5.74, 6) is 0.725. The maximum Gasteiger partial charge on any atom is 0.244 e. The van der Waals surface area contributed by atoms with Crippen molar-refractivity contribution in [2.24, 2.45) is 0 Å². The fourth-order valence-corrected chi connectivity index (χ4v) is 3.10. The van der Waals surface area contributed by atoms with Crippen molar-refractivity contribution < 1.29 is 9.59 Å². The van der Waals surface area contributed by atoms with Gasteiger partial charge in [-0.3, -0.25) is 9.59 Å². The average Bonchev–Trinajstić information content (AvgIpc) is 3.01. The minimum absolute atomic E-state index is 0.0438. The first-order valence-corrected chi connectivity index (χ1v) is 9.64. The van der Waals surface area contributed by atoms with Crippen LogP contribution in [0.5, 0.6) is 0 Å². The number of amides is 2. The highest BCUT2D eigenvalue weighted by atomic mass is 16.2. The molecule has 0 aliphatic rings. The molecule has 2 amide bonds.